The number of hydrogen-bond donors (Lipinski definition) is 2. The Hall–Kier alpha value is -2.82. The predicted octanol–water partition coefficient (Wildman–Crippen LogP) is 4.05. The van der Waals surface area contributed by atoms with Gasteiger partial charge in [-0.05, 0) is 48.7 Å². The standard InChI is InChI=1S/C20H24N4O/c1-2-3-11-25-17-6-4-5-15(12-17)9-10-22-20-18-13-16(21)7-8-19(18)23-14-24-20/h4-8,12-14H,2-3,9-11,21H2,1H3,(H,22,23,24). The van der Waals surface area contributed by atoms with E-state index in [9.17, 15) is 0 Å². The highest BCUT2D eigenvalue weighted by Crippen LogP contribution is 2.21. The van der Waals surface area contributed by atoms with Gasteiger partial charge in [-0.3, -0.25) is 0 Å². The van der Waals surface area contributed by atoms with Gasteiger partial charge in [0.25, 0.3) is 0 Å². The number of nitrogens with one attached hydrogen (secondary N) is 1. The minimum atomic E-state index is 0.710. The summed E-state index contributed by atoms with van der Waals surface area (Å²) in [5.41, 5.74) is 8.71. The van der Waals surface area contributed by atoms with Crippen molar-refractivity contribution in [2.24, 2.45) is 0 Å². The summed E-state index contributed by atoms with van der Waals surface area (Å²) in [4.78, 5) is 8.62. The summed E-state index contributed by atoms with van der Waals surface area (Å²) in [6, 6.07) is 13.9. The Labute approximate surface area is 148 Å². The molecule has 0 atom stereocenters. The molecular formula is C20H24N4O. The summed E-state index contributed by atoms with van der Waals surface area (Å²) in [5.74, 6) is 1.75. The molecule has 0 aliphatic heterocycles. The Balaban J connectivity index is 1.61. The lowest BCUT2D eigenvalue weighted by atomic mass is 10.1. The lowest BCUT2D eigenvalue weighted by Gasteiger charge is -2.10. The van der Waals surface area contributed by atoms with Crippen LogP contribution >= 0.6 is 0 Å². The smallest absolute Gasteiger partial charge is 0.137 e. The third kappa shape index (κ3) is 4.59. The van der Waals surface area contributed by atoms with Crippen molar-refractivity contribution in [3.8, 4) is 5.75 Å². The van der Waals surface area contributed by atoms with E-state index in [1.54, 1.807) is 6.33 Å². The lowest BCUT2D eigenvalue weighted by Crippen LogP contribution is -2.07. The monoisotopic (exact) mass is 336 g/mol. The second-order valence-electron chi connectivity index (χ2n) is 6.03. The molecule has 25 heavy (non-hydrogen) atoms. The van der Waals surface area contributed by atoms with Crippen molar-refractivity contribution in [2.45, 2.75) is 26.2 Å². The fourth-order valence-corrected chi connectivity index (χ4v) is 2.67. The summed E-state index contributed by atoms with van der Waals surface area (Å²) >= 11 is 0. The zero-order chi connectivity index (χ0) is 17.5. The van der Waals surface area contributed by atoms with Crippen LogP contribution in [-0.2, 0) is 6.42 Å². The molecule has 5 nitrogen and oxygen atoms in total. The average molecular weight is 336 g/mol. The molecule has 130 valence electrons. The summed E-state index contributed by atoms with van der Waals surface area (Å²) in [5, 5.41) is 4.33. The number of fused-ring (bicyclic) bond motifs is 1. The molecule has 0 saturated heterocycles. The van der Waals surface area contributed by atoms with E-state index in [2.05, 4.69) is 34.3 Å². The Kier molecular flexibility index (Phi) is 5.67. The zero-order valence-corrected chi connectivity index (χ0v) is 14.5. The van der Waals surface area contributed by atoms with Gasteiger partial charge in [-0.2, -0.15) is 0 Å². The molecule has 2 aromatic carbocycles. The van der Waals surface area contributed by atoms with E-state index < -0.39 is 0 Å². The Bertz CT molecular complexity index is 835. The van der Waals surface area contributed by atoms with E-state index >= 15 is 0 Å². The molecule has 0 spiro atoms. The van der Waals surface area contributed by atoms with Gasteiger partial charge < -0.3 is 15.8 Å². The zero-order valence-electron chi connectivity index (χ0n) is 14.5. The number of rotatable bonds is 8. The Morgan fingerprint density at radius 2 is 2.04 bits per heavy atom. The van der Waals surface area contributed by atoms with Gasteiger partial charge in [0, 0.05) is 17.6 Å². The molecule has 3 N–H and O–H groups in total. The second kappa shape index (κ2) is 8.33. The largest absolute Gasteiger partial charge is 0.494 e. The van der Waals surface area contributed by atoms with Gasteiger partial charge in [0.05, 0.1) is 12.1 Å². The first-order chi connectivity index (χ1) is 12.3. The molecule has 0 unspecified atom stereocenters. The predicted molar refractivity (Wildman–Crippen MR) is 103 cm³/mol. The third-order valence-electron chi connectivity index (χ3n) is 4.03. The molecule has 3 aromatic rings. The number of benzene rings is 2. The van der Waals surface area contributed by atoms with E-state index in [-0.39, 0.29) is 0 Å². The van der Waals surface area contributed by atoms with Crippen molar-refractivity contribution in [1.29, 1.82) is 0 Å². The maximum absolute atomic E-state index is 5.88. The molecule has 0 saturated carbocycles. The molecule has 5 heteroatoms. The summed E-state index contributed by atoms with van der Waals surface area (Å²) < 4.78 is 5.77. The van der Waals surface area contributed by atoms with Gasteiger partial charge in [0.2, 0.25) is 0 Å². The van der Waals surface area contributed by atoms with Crippen molar-refractivity contribution in [1.82, 2.24) is 9.97 Å². The van der Waals surface area contributed by atoms with Gasteiger partial charge in [-0.25, -0.2) is 9.97 Å². The molecule has 0 radical (unpaired) electrons. The molecular weight excluding hydrogens is 312 g/mol. The molecule has 0 fully saturated rings. The van der Waals surface area contributed by atoms with Crippen LogP contribution in [0.2, 0.25) is 0 Å². The van der Waals surface area contributed by atoms with Crippen LogP contribution in [0.4, 0.5) is 11.5 Å². The molecule has 1 aromatic heterocycles. The molecule has 0 aliphatic carbocycles. The second-order valence-corrected chi connectivity index (χ2v) is 6.03. The average Bonchev–Trinajstić information content (AvgIpc) is 2.63. The quantitative estimate of drug-likeness (QED) is 0.480. The summed E-state index contributed by atoms with van der Waals surface area (Å²) in [7, 11) is 0. The number of anilines is 2. The molecule has 3 rings (SSSR count). The van der Waals surface area contributed by atoms with Crippen LogP contribution in [0, 0.1) is 0 Å². The summed E-state index contributed by atoms with van der Waals surface area (Å²) in [6.45, 7) is 3.71. The fraction of sp³-hybridized carbons (Fsp3) is 0.300. The van der Waals surface area contributed by atoms with Gasteiger partial charge in [0.1, 0.15) is 17.9 Å². The van der Waals surface area contributed by atoms with E-state index in [1.807, 2.05) is 30.3 Å². The number of ether oxygens (including phenoxy) is 1. The third-order valence-corrected chi connectivity index (χ3v) is 4.03. The highest BCUT2D eigenvalue weighted by molar-refractivity contribution is 5.91. The van der Waals surface area contributed by atoms with Crippen molar-refractivity contribution < 1.29 is 4.74 Å². The fourth-order valence-electron chi connectivity index (χ4n) is 2.67. The Morgan fingerprint density at radius 1 is 1.12 bits per heavy atom. The number of nitrogens with zero attached hydrogens (tertiary/aromatic N) is 2. The molecule has 1 heterocycles. The molecule has 0 amide bonds. The Morgan fingerprint density at radius 3 is 2.92 bits per heavy atom. The van der Waals surface area contributed by atoms with Gasteiger partial charge in [-0.15, -0.1) is 0 Å². The maximum Gasteiger partial charge on any atom is 0.137 e. The van der Waals surface area contributed by atoms with E-state index in [4.69, 9.17) is 10.5 Å². The topological polar surface area (TPSA) is 73.1 Å². The maximum atomic E-state index is 5.88. The first-order valence-corrected chi connectivity index (χ1v) is 8.72. The van der Waals surface area contributed by atoms with E-state index in [0.29, 0.717) is 5.69 Å². The number of unbranched alkanes of at least 4 members (excludes halogenated alkanes) is 1. The number of hydrogen-bond acceptors (Lipinski definition) is 5. The van der Waals surface area contributed by atoms with Crippen LogP contribution in [-0.4, -0.2) is 23.1 Å². The van der Waals surface area contributed by atoms with Gasteiger partial charge >= 0.3 is 0 Å². The van der Waals surface area contributed by atoms with Crippen LogP contribution < -0.4 is 15.8 Å². The lowest BCUT2D eigenvalue weighted by molar-refractivity contribution is 0.309. The first-order valence-electron chi connectivity index (χ1n) is 8.72. The van der Waals surface area contributed by atoms with Gasteiger partial charge in [-0.1, -0.05) is 25.5 Å². The minimum Gasteiger partial charge on any atom is -0.494 e. The number of nitrogens with two attached hydrogens (primary N) is 1. The van der Waals surface area contributed by atoms with E-state index in [0.717, 1.165) is 54.9 Å². The highest BCUT2D eigenvalue weighted by atomic mass is 16.5. The first kappa shape index (κ1) is 17.0. The van der Waals surface area contributed by atoms with Crippen molar-refractivity contribution in [3.05, 3.63) is 54.4 Å². The van der Waals surface area contributed by atoms with Crippen molar-refractivity contribution >= 4 is 22.4 Å². The van der Waals surface area contributed by atoms with Crippen LogP contribution in [0.1, 0.15) is 25.3 Å². The van der Waals surface area contributed by atoms with Crippen LogP contribution in [0.3, 0.4) is 0 Å². The van der Waals surface area contributed by atoms with Crippen LogP contribution in [0.15, 0.2) is 48.8 Å². The van der Waals surface area contributed by atoms with Crippen LogP contribution in [0.25, 0.3) is 10.9 Å². The van der Waals surface area contributed by atoms with Gasteiger partial charge in [0.15, 0.2) is 0 Å². The normalized spacial score (nSPS) is 10.8. The van der Waals surface area contributed by atoms with Crippen LogP contribution in [0.5, 0.6) is 5.75 Å². The number of nitrogen functional groups attached to an aromatic ring is 1. The minimum absolute atomic E-state index is 0.710. The van der Waals surface area contributed by atoms with Crippen molar-refractivity contribution in [3.63, 3.8) is 0 Å². The summed E-state index contributed by atoms with van der Waals surface area (Å²) in [6.07, 6.45) is 4.68. The molecule has 0 aliphatic rings. The molecule has 0 bridgehead atoms. The highest BCUT2D eigenvalue weighted by Gasteiger charge is 2.04. The SMILES string of the molecule is CCCCOc1cccc(CCNc2ncnc3ccc(N)cc23)c1. The number of aromatic nitrogens is 2. The van der Waals surface area contributed by atoms with E-state index in [1.165, 1.54) is 5.56 Å². The van der Waals surface area contributed by atoms with Crippen molar-refractivity contribution in [2.75, 3.05) is 24.2 Å².